The largest absolute Gasteiger partial charge is 0.497 e. The standard InChI is InChI=1S/C15H15BrN2O4S/c1-22-13-6-8-14(9-7-13)23(20,21)17-10-15(19)18-12-4-2-11(16)3-5-12/h2-9,17H,10H2,1H3,(H,18,19). The lowest BCUT2D eigenvalue weighted by Crippen LogP contribution is -2.32. The van der Waals surface area contributed by atoms with Gasteiger partial charge in [0.1, 0.15) is 5.75 Å². The molecule has 0 heterocycles. The average molecular weight is 399 g/mol. The van der Waals surface area contributed by atoms with Crippen LogP contribution >= 0.6 is 15.9 Å². The Hall–Kier alpha value is -1.90. The number of anilines is 1. The highest BCUT2D eigenvalue weighted by Crippen LogP contribution is 2.16. The molecule has 0 aromatic heterocycles. The van der Waals surface area contributed by atoms with Gasteiger partial charge in [-0.15, -0.1) is 0 Å². The van der Waals surface area contributed by atoms with Crippen LogP contribution in [-0.4, -0.2) is 28.0 Å². The molecule has 122 valence electrons. The molecule has 0 aliphatic carbocycles. The Morgan fingerprint density at radius 2 is 1.70 bits per heavy atom. The molecule has 0 unspecified atom stereocenters. The monoisotopic (exact) mass is 398 g/mol. The van der Waals surface area contributed by atoms with Crippen molar-refractivity contribution in [2.75, 3.05) is 19.0 Å². The number of amides is 1. The van der Waals surface area contributed by atoms with Gasteiger partial charge in [0.15, 0.2) is 0 Å². The first-order valence-corrected chi connectivity index (χ1v) is 8.87. The van der Waals surface area contributed by atoms with Crippen LogP contribution < -0.4 is 14.8 Å². The summed E-state index contributed by atoms with van der Waals surface area (Å²) in [7, 11) is -2.26. The zero-order chi connectivity index (χ0) is 16.9. The van der Waals surface area contributed by atoms with Crippen LogP contribution in [0.25, 0.3) is 0 Å². The molecule has 0 bridgehead atoms. The van der Waals surface area contributed by atoms with Gasteiger partial charge in [-0.1, -0.05) is 15.9 Å². The number of methoxy groups -OCH3 is 1. The van der Waals surface area contributed by atoms with Crippen molar-refractivity contribution >= 4 is 37.5 Å². The normalized spacial score (nSPS) is 11.0. The zero-order valence-electron chi connectivity index (χ0n) is 12.2. The first-order chi connectivity index (χ1) is 10.9. The van der Waals surface area contributed by atoms with E-state index in [1.54, 1.807) is 24.3 Å². The third kappa shape index (κ3) is 5.05. The van der Waals surface area contributed by atoms with E-state index in [2.05, 4.69) is 26.0 Å². The quantitative estimate of drug-likeness (QED) is 0.781. The van der Waals surface area contributed by atoms with Crippen LogP contribution in [0.4, 0.5) is 5.69 Å². The molecule has 2 aromatic carbocycles. The average Bonchev–Trinajstić information content (AvgIpc) is 2.55. The van der Waals surface area contributed by atoms with E-state index in [1.165, 1.54) is 31.4 Å². The van der Waals surface area contributed by atoms with Crippen LogP contribution in [0.5, 0.6) is 5.75 Å². The third-order valence-corrected chi connectivity index (χ3v) is 4.87. The fourth-order valence-corrected chi connectivity index (χ4v) is 2.98. The number of hydrogen-bond acceptors (Lipinski definition) is 4. The second kappa shape index (κ2) is 7.58. The highest BCUT2D eigenvalue weighted by atomic mass is 79.9. The van der Waals surface area contributed by atoms with Crippen molar-refractivity contribution in [3.8, 4) is 5.75 Å². The summed E-state index contributed by atoms with van der Waals surface area (Å²) >= 11 is 3.29. The Balaban J connectivity index is 1.95. The summed E-state index contributed by atoms with van der Waals surface area (Å²) in [5.41, 5.74) is 0.585. The van der Waals surface area contributed by atoms with E-state index in [-0.39, 0.29) is 11.4 Å². The topological polar surface area (TPSA) is 84.5 Å². The molecule has 0 atom stereocenters. The van der Waals surface area contributed by atoms with Crippen molar-refractivity contribution in [2.24, 2.45) is 0 Å². The van der Waals surface area contributed by atoms with Gasteiger partial charge >= 0.3 is 0 Å². The van der Waals surface area contributed by atoms with E-state index in [0.29, 0.717) is 11.4 Å². The number of nitrogens with one attached hydrogen (secondary N) is 2. The summed E-state index contributed by atoms with van der Waals surface area (Å²) in [6, 6.07) is 12.9. The van der Waals surface area contributed by atoms with E-state index in [0.717, 1.165) is 4.47 Å². The van der Waals surface area contributed by atoms with Gasteiger partial charge in [0.2, 0.25) is 15.9 Å². The Labute approximate surface area is 143 Å². The minimum absolute atomic E-state index is 0.0646. The summed E-state index contributed by atoms with van der Waals surface area (Å²) in [6.45, 7) is -0.357. The Kier molecular flexibility index (Phi) is 5.75. The van der Waals surface area contributed by atoms with E-state index in [1.807, 2.05) is 0 Å². The highest BCUT2D eigenvalue weighted by Gasteiger charge is 2.15. The zero-order valence-corrected chi connectivity index (χ0v) is 14.6. The van der Waals surface area contributed by atoms with Gasteiger partial charge in [-0.25, -0.2) is 13.1 Å². The molecular formula is C15H15BrN2O4S. The first kappa shape index (κ1) is 17.5. The molecule has 6 nitrogen and oxygen atoms in total. The summed E-state index contributed by atoms with van der Waals surface area (Å²) in [6.07, 6.45) is 0. The van der Waals surface area contributed by atoms with Crippen molar-refractivity contribution < 1.29 is 17.9 Å². The number of rotatable bonds is 6. The maximum Gasteiger partial charge on any atom is 0.241 e. The molecule has 0 fully saturated rings. The van der Waals surface area contributed by atoms with E-state index in [4.69, 9.17) is 4.74 Å². The molecule has 0 aliphatic rings. The number of hydrogen-bond donors (Lipinski definition) is 2. The van der Waals surface area contributed by atoms with Gasteiger partial charge in [-0.2, -0.15) is 0 Å². The molecule has 2 N–H and O–H groups in total. The van der Waals surface area contributed by atoms with Crippen molar-refractivity contribution in [3.05, 3.63) is 53.0 Å². The lowest BCUT2D eigenvalue weighted by Gasteiger charge is -2.08. The van der Waals surface area contributed by atoms with Gasteiger partial charge in [-0.3, -0.25) is 4.79 Å². The Morgan fingerprint density at radius 1 is 1.09 bits per heavy atom. The fraction of sp³-hybridized carbons (Fsp3) is 0.133. The second-order valence-corrected chi connectivity index (χ2v) is 7.24. The van der Waals surface area contributed by atoms with E-state index >= 15 is 0 Å². The van der Waals surface area contributed by atoms with E-state index in [9.17, 15) is 13.2 Å². The number of carbonyl (C=O) groups excluding carboxylic acids is 1. The summed E-state index contributed by atoms with van der Waals surface area (Å²) in [4.78, 5) is 11.9. The molecule has 23 heavy (non-hydrogen) atoms. The number of halogens is 1. The van der Waals surface area contributed by atoms with Crippen molar-refractivity contribution in [1.29, 1.82) is 0 Å². The van der Waals surface area contributed by atoms with Crippen molar-refractivity contribution in [1.82, 2.24) is 4.72 Å². The van der Waals surface area contributed by atoms with Gasteiger partial charge < -0.3 is 10.1 Å². The SMILES string of the molecule is COc1ccc(S(=O)(=O)NCC(=O)Nc2ccc(Br)cc2)cc1. The van der Waals surface area contributed by atoms with Gasteiger partial charge in [-0.05, 0) is 48.5 Å². The molecule has 0 radical (unpaired) electrons. The molecule has 0 spiro atoms. The summed E-state index contributed by atoms with van der Waals surface area (Å²) in [5, 5.41) is 2.60. The van der Waals surface area contributed by atoms with Crippen LogP contribution in [0.15, 0.2) is 57.9 Å². The third-order valence-electron chi connectivity index (χ3n) is 2.92. The highest BCUT2D eigenvalue weighted by molar-refractivity contribution is 9.10. The molecule has 2 aromatic rings. The summed E-state index contributed by atoms with van der Waals surface area (Å²) in [5.74, 6) is 0.0985. The molecular weight excluding hydrogens is 384 g/mol. The predicted octanol–water partition coefficient (Wildman–Crippen LogP) is 2.37. The van der Waals surface area contributed by atoms with Crippen LogP contribution in [0.3, 0.4) is 0 Å². The predicted molar refractivity (Wildman–Crippen MR) is 91.0 cm³/mol. The second-order valence-electron chi connectivity index (χ2n) is 4.56. The van der Waals surface area contributed by atoms with Crippen LogP contribution in [-0.2, 0) is 14.8 Å². The Bertz CT molecular complexity index is 774. The molecule has 0 saturated heterocycles. The Morgan fingerprint density at radius 3 is 2.26 bits per heavy atom. The van der Waals surface area contributed by atoms with Crippen LogP contribution in [0.2, 0.25) is 0 Å². The number of ether oxygens (including phenoxy) is 1. The van der Waals surface area contributed by atoms with Gasteiger partial charge in [0, 0.05) is 10.2 Å². The minimum atomic E-state index is -3.75. The van der Waals surface area contributed by atoms with Crippen molar-refractivity contribution in [3.63, 3.8) is 0 Å². The smallest absolute Gasteiger partial charge is 0.241 e. The molecule has 0 aliphatic heterocycles. The van der Waals surface area contributed by atoms with Gasteiger partial charge in [0.25, 0.3) is 0 Å². The maximum atomic E-state index is 12.1. The first-order valence-electron chi connectivity index (χ1n) is 6.60. The fourth-order valence-electron chi connectivity index (χ4n) is 1.74. The van der Waals surface area contributed by atoms with Crippen LogP contribution in [0, 0.1) is 0 Å². The molecule has 0 saturated carbocycles. The lowest BCUT2D eigenvalue weighted by molar-refractivity contribution is -0.115. The minimum Gasteiger partial charge on any atom is -0.497 e. The lowest BCUT2D eigenvalue weighted by atomic mass is 10.3. The number of carbonyl (C=O) groups is 1. The molecule has 2 rings (SSSR count). The number of sulfonamides is 1. The maximum absolute atomic E-state index is 12.1. The molecule has 1 amide bonds. The van der Waals surface area contributed by atoms with Crippen molar-refractivity contribution in [2.45, 2.75) is 4.90 Å². The summed E-state index contributed by atoms with van der Waals surface area (Å²) < 4.78 is 32.3. The number of benzene rings is 2. The molecule has 8 heteroatoms. The van der Waals surface area contributed by atoms with Gasteiger partial charge in [0.05, 0.1) is 18.6 Å². The van der Waals surface area contributed by atoms with Crippen LogP contribution in [0.1, 0.15) is 0 Å². The van der Waals surface area contributed by atoms with E-state index < -0.39 is 15.9 Å².